The van der Waals surface area contributed by atoms with Crippen molar-refractivity contribution in [1.82, 2.24) is 15.6 Å². The van der Waals surface area contributed by atoms with Crippen molar-refractivity contribution in [2.75, 3.05) is 31.6 Å². The van der Waals surface area contributed by atoms with Gasteiger partial charge in [0.2, 0.25) is 0 Å². The average molecular weight is 357 g/mol. The standard InChI is InChI=1S/C17H32N4S2/c1-6-18-16(19-10-7-8-12-22-5)20-11-9-15-21-14(13-23-15)17(2,3)4/h13H,6-12H2,1-5H3,(H2,18,19,20). The smallest absolute Gasteiger partial charge is 0.191 e. The molecule has 1 heterocycles. The van der Waals surface area contributed by atoms with Crippen molar-refractivity contribution in [3.8, 4) is 0 Å². The van der Waals surface area contributed by atoms with E-state index < -0.39 is 0 Å². The van der Waals surface area contributed by atoms with E-state index in [1.807, 2.05) is 11.8 Å². The molecule has 0 atom stereocenters. The Kier molecular flexibility index (Phi) is 9.63. The Morgan fingerprint density at radius 3 is 2.70 bits per heavy atom. The number of aliphatic imine (C=N–C) groups is 1. The van der Waals surface area contributed by atoms with Crippen LogP contribution >= 0.6 is 23.1 Å². The van der Waals surface area contributed by atoms with Crippen LogP contribution in [0.15, 0.2) is 10.4 Å². The molecule has 6 heteroatoms. The zero-order chi connectivity index (χ0) is 17.1. The van der Waals surface area contributed by atoms with Crippen LogP contribution in [0.1, 0.15) is 51.2 Å². The third-order valence-electron chi connectivity index (χ3n) is 3.32. The highest BCUT2D eigenvalue weighted by Gasteiger charge is 2.17. The zero-order valence-corrected chi connectivity index (χ0v) is 16.9. The van der Waals surface area contributed by atoms with Crippen LogP contribution in [0.4, 0.5) is 0 Å². The van der Waals surface area contributed by atoms with Gasteiger partial charge in [-0.3, -0.25) is 4.99 Å². The van der Waals surface area contributed by atoms with Crippen LogP contribution in [0, 0.1) is 0 Å². The molecule has 132 valence electrons. The quantitative estimate of drug-likeness (QED) is 0.402. The molecule has 1 aromatic heterocycles. The van der Waals surface area contributed by atoms with Crippen LogP contribution < -0.4 is 10.6 Å². The van der Waals surface area contributed by atoms with E-state index in [0.29, 0.717) is 0 Å². The molecule has 0 spiro atoms. The monoisotopic (exact) mass is 356 g/mol. The summed E-state index contributed by atoms with van der Waals surface area (Å²) in [5.74, 6) is 2.14. The Balaban J connectivity index is 2.37. The van der Waals surface area contributed by atoms with Crippen LogP contribution in [0.5, 0.6) is 0 Å². The Hall–Kier alpha value is -0.750. The summed E-state index contributed by atoms with van der Waals surface area (Å²) in [6.07, 6.45) is 5.48. The first kappa shape index (κ1) is 20.3. The predicted octanol–water partition coefficient (Wildman–Crippen LogP) is 3.68. The topological polar surface area (TPSA) is 49.3 Å². The summed E-state index contributed by atoms with van der Waals surface area (Å²) in [4.78, 5) is 9.37. The van der Waals surface area contributed by atoms with Gasteiger partial charge in [0.1, 0.15) is 0 Å². The van der Waals surface area contributed by atoms with Crippen molar-refractivity contribution < 1.29 is 0 Å². The van der Waals surface area contributed by atoms with E-state index in [-0.39, 0.29) is 5.41 Å². The van der Waals surface area contributed by atoms with Crippen molar-refractivity contribution >= 4 is 29.1 Å². The number of thiazole rings is 1. The van der Waals surface area contributed by atoms with Gasteiger partial charge in [-0.1, -0.05) is 20.8 Å². The lowest BCUT2D eigenvalue weighted by atomic mass is 9.93. The number of hydrogen-bond donors (Lipinski definition) is 2. The first-order chi connectivity index (χ1) is 11.0. The fraction of sp³-hybridized carbons (Fsp3) is 0.765. The first-order valence-corrected chi connectivity index (χ1v) is 10.7. The average Bonchev–Trinajstić information content (AvgIpc) is 2.96. The number of nitrogens with one attached hydrogen (secondary N) is 2. The Morgan fingerprint density at radius 2 is 2.09 bits per heavy atom. The highest BCUT2D eigenvalue weighted by Crippen LogP contribution is 2.23. The normalized spacial score (nSPS) is 12.5. The lowest BCUT2D eigenvalue weighted by Crippen LogP contribution is -2.38. The summed E-state index contributed by atoms with van der Waals surface area (Å²) in [5, 5.41) is 10.1. The van der Waals surface area contributed by atoms with Crippen molar-refractivity contribution in [1.29, 1.82) is 0 Å². The molecule has 0 unspecified atom stereocenters. The molecule has 0 aliphatic heterocycles. The molecule has 1 rings (SSSR count). The van der Waals surface area contributed by atoms with Crippen molar-refractivity contribution in [2.45, 2.75) is 52.4 Å². The number of thioether (sulfide) groups is 1. The van der Waals surface area contributed by atoms with E-state index in [1.165, 1.54) is 22.9 Å². The highest BCUT2D eigenvalue weighted by molar-refractivity contribution is 7.98. The summed E-state index contributed by atoms with van der Waals surface area (Å²) in [5.41, 5.74) is 1.32. The van der Waals surface area contributed by atoms with Crippen molar-refractivity contribution in [2.24, 2.45) is 4.99 Å². The highest BCUT2D eigenvalue weighted by atomic mass is 32.2. The van der Waals surface area contributed by atoms with Crippen LogP contribution in [0.25, 0.3) is 0 Å². The van der Waals surface area contributed by atoms with Gasteiger partial charge in [-0.25, -0.2) is 4.98 Å². The van der Waals surface area contributed by atoms with E-state index in [2.05, 4.69) is 55.0 Å². The molecule has 0 fully saturated rings. The summed E-state index contributed by atoms with van der Waals surface area (Å²) in [7, 11) is 0. The second kappa shape index (κ2) is 10.9. The second-order valence-corrected chi connectivity index (χ2v) is 8.44. The number of nitrogens with zero attached hydrogens (tertiary/aromatic N) is 2. The fourth-order valence-corrected chi connectivity index (χ4v) is 3.47. The summed E-state index contributed by atoms with van der Waals surface area (Å²) < 4.78 is 0. The van der Waals surface area contributed by atoms with Gasteiger partial charge in [-0.15, -0.1) is 11.3 Å². The van der Waals surface area contributed by atoms with Crippen LogP contribution in [-0.4, -0.2) is 42.6 Å². The number of aromatic nitrogens is 1. The molecule has 0 aliphatic carbocycles. The molecule has 0 saturated carbocycles. The summed E-state index contributed by atoms with van der Waals surface area (Å²) in [6, 6.07) is 0. The molecule has 0 aliphatic rings. The lowest BCUT2D eigenvalue weighted by Gasteiger charge is -2.14. The molecular weight excluding hydrogens is 324 g/mol. The van der Waals surface area contributed by atoms with E-state index in [0.717, 1.165) is 38.4 Å². The minimum Gasteiger partial charge on any atom is -0.357 e. The van der Waals surface area contributed by atoms with Gasteiger partial charge >= 0.3 is 0 Å². The third kappa shape index (κ3) is 8.61. The Labute approximate surface area is 150 Å². The predicted molar refractivity (Wildman–Crippen MR) is 106 cm³/mol. The molecule has 0 saturated heterocycles. The maximum atomic E-state index is 4.74. The van der Waals surface area contributed by atoms with E-state index >= 15 is 0 Å². The molecule has 0 aromatic carbocycles. The number of hydrogen-bond acceptors (Lipinski definition) is 4. The maximum absolute atomic E-state index is 4.74. The molecule has 23 heavy (non-hydrogen) atoms. The third-order valence-corrected chi connectivity index (χ3v) is 4.93. The Bertz CT molecular complexity index is 463. The minimum atomic E-state index is 0.134. The van der Waals surface area contributed by atoms with Crippen molar-refractivity contribution in [3.63, 3.8) is 0 Å². The van der Waals surface area contributed by atoms with Crippen LogP contribution in [0.3, 0.4) is 0 Å². The second-order valence-electron chi connectivity index (χ2n) is 6.51. The number of unbranched alkanes of at least 4 members (excludes halogenated alkanes) is 1. The van der Waals surface area contributed by atoms with Gasteiger partial charge < -0.3 is 10.6 Å². The van der Waals surface area contributed by atoms with Crippen LogP contribution in [0.2, 0.25) is 0 Å². The number of rotatable bonds is 9. The van der Waals surface area contributed by atoms with Gasteiger partial charge in [-0.2, -0.15) is 11.8 Å². The molecular formula is C17H32N4S2. The van der Waals surface area contributed by atoms with Gasteiger partial charge in [-0.05, 0) is 31.8 Å². The fourth-order valence-electron chi connectivity index (χ4n) is 1.95. The number of guanidine groups is 1. The van der Waals surface area contributed by atoms with E-state index in [1.54, 1.807) is 11.3 Å². The van der Waals surface area contributed by atoms with Gasteiger partial charge in [0, 0.05) is 36.9 Å². The van der Waals surface area contributed by atoms with Crippen molar-refractivity contribution in [3.05, 3.63) is 16.1 Å². The van der Waals surface area contributed by atoms with Gasteiger partial charge in [0.25, 0.3) is 0 Å². The lowest BCUT2D eigenvalue weighted by molar-refractivity contribution is 0.570. The molecule has 0 bridgehead atoms. The summed E-state index contributed by atoms with van der Waals surface area (Å²) in [6.45, 7) is 11.4. The van der Waals surface area contributed by atoms with E-state index in [4.69, 9.17) is 4.98 Å². The summed E-state index contributed by atoms with van der Waals surface area (Å²) >= 11 is 3.65. The molecule has 4 nitrogen and oxygen atoms in total. The van der Waals surface area contributed by atoms with E-state index in [9.17, 15) is 0 Å². The minimum absolute atomic E-state index is 0.134. The Morgan fingerprint density at radius 1 is 1.30 bits per heavy atom. The SMILES string of the molecule is CCNC(=NCCCCSC)NCCc1nc(C(C)(C)C)cs1. The first-order valence-electron chi connectivity index (χ1n) is 8.43. The molecule has 0 radical (unpaired) electrons. The van der Waals surface area contributed by atoms with Gasteiger partial charge in [0.15, 0.2) is 5.96 Å². The molecule has 0 amide bonds. The van der Waals surface area contributed by atoms with Gasteiger partial charge in [0.05, 0.1) is 10.7 Å². The zero-order valence-electron chi connectivity index (χ0n) is 15.2. The molecule has 1 aromatic rings. The largest absolute Gasteiger partial charge is 0.357 e. The molecule has 2 N–H and O–H groups in total. The van der Waals surface area contributed by atoms with Crippen LogP contribution in [-0.2, 0) is 11.8 Å². The maximum Gasteiger partial charge on any atom is 0.191 e.